The number of aliphatic hydroxyl groups excluding tert-OH is 1. The summed E-state index contributed by atoms with van der Waals surface area (Å²) in [6, 6.07) is 24.1. The van der Waals surface area contributed by atoms with Crippen molar-refractivity contribution in [2.45, 2.75) is 83.5 Å². The number of benzene rings is 2. The van der Waals surface area contributed by atoms with Gasteiger partial charge in [0, 0.05) is 25.7 Å². The van der Waals surface area contributed by atoms with E-state index < -0.39 is 13.0 Å². The number of imide groups is 1. The quantitative estimate of drug-likeness (QED) is 0.140. The molecule has 256 valence electrons. The molecule has 8 nitrogen and oxygen atoms in total. The zero-order valence-corrected chi connectivity index (χ0v) is 28.4. The number of piperidine rings is 1. The predicted molar refractivity (Wildman–Crippen MR) is 189 cm³/mol. The van der Waals surface area contributed by atoms with Gasteiger partial charge in [-0.25, -0.2) is 0 Å². The zero-order valence-electron chi connectivity index (χ0n) is 28.4. The van der Waals surface area contributed by atoms with Crippen LogP contribution in [0.3, 0.4) is 0 Å². The highest BCUT2D eigenvalue weighted by Gasteiger charge is 2.58. The lowest BCUT2D eigenvalue weighted by molar-refractivity contribution is -0.144. The van der Waals surface area contributed by atoms with Gasteiger partial charge < -0.3 is 19.2 Å². The van der Waals surface area contributed by atoms with Crippen LogP contribution in [0.1, 0.15) is 74.5 Å². The van der Waals surface area contributed by atoms with Gasteiger partial charge in [0.1, 0.15) is 18.1 Å². The number of fused-ring (bicyclic) bond motifs is 3. The van der Waals surface area contributed by atoms with Gasteiger partial charge in [-0.05, 0) is 91.2 Å². The standard InChI is InChI=1S/C40H47BN2O6/c1-2-9-30-23-34-38(40(46)43(39(34)45)31-18-20-42(21-19-31)25-27-10-5-3-6-11-27)35-24-41(47)49-36(37(30)35)17-14-29(28-12-7-4-8-13-28)22-32-15-16-33(26-44)48-32/h3-8,10-13,15-16,22,31,34-36,38,44,47H,2,9,14,17-21,23-26H2,1H3/b29-22-/t34-,35+,36-,38-/m1/s1. The summed E-state index contributed by atoms with van der Waals surface area (Å²) in [5, 5.41) is 20.6. The smallest absolute Gasteiger partial charge is 0.455 e. The molecule has 4 aliphatic rings. The van der Waals surface area contributed by atoms with Gasteiger partial charge >= 0.3 is 7.12 Å². The van der Waals surface area contributed by atoms with Gasteiger partial charge in [0.05, 0.1) is 17.9 Å². The second-order valence-corrected chi connectivity index (χ2v) is 14.1. The van der Waals surface area contributed by atoms with Crippen molar-refractivity contribution in [2.24, 2.45) is 17.8 Å². The van der Waals surface area contributed by atoms with Gasteiger partial charge in [-0.3, -0.25) is 19.4 Å². The Morgan fingerprint density at radius 1 is 0.959 bits per heavy atom. The van der Waals surface area contributed by atoms with E-state index >= 15 is 0 Å². The number of likely N-dealkylation sites (tertiary alicyclic amines) is 2. The lowest BCUT2D eigenvalue weighted by Gasteiger charge is -2.43. The minimum atomic E-state index is -1.00. The molecule has 4 heterocycles. The van der Waals surface area contributed by atoms with Crippen molar-refractivity contribution in [1.82, 2.24) is 9.80 Å². The number of carbonyl (C=O) groups excluding carboxylic acids is 2. The second-order valence-electron chi connectivity index (χ2n) is 14.1. The Balaban J connectivity index is 1.10. The third-order valence-electron chi connectivity index (χ3n) is 11.0. The van der Waals surface area contributed by atoms with Crippen LogP contribution in [0.5, 0.6) is 0 Å². The Morgan fingerprint density at radius 2 is 1.69 bits per heavy atom. The fourth-order valence-electron chi connectivity index (χ4n) is 8.83. The molecule has 0 bridgehead atoms. The fourth-order valence-corrected chi connectivity index (χ4v) is 8.83. The van der Waals surface area contributed by atoms with E-state index in [9.17, 15) is 19.7 Å². The first-order valence-electron chi connectivity index (χ1n) is 18.1. The monoisotopic (exact) mass is 662 g/mol. The molecule has 0 spiro atoms. The minimum absolute atomic E-state index is 0.0170. The van der Waals surface area contributed by atoms with Gasteiger partial charge in [0.15, 0.2) is 0 Å². The van der Waals surface area contributed by atoms with Crippen molar-refractivity contribution in [3.63, 3.8) is 0 Å². The lowest BCUT2D eigenvalue weighted by Crippen LogP contribution is -2.48. The molecule has 49 heavy (non-hydrogen) atoms. The minimum Gasteiger partial charge on any atom is -0.459 e. The Hall–Kier alpha value is -3.76. The third kappa shape index (κ3) is 7.13. The number of hydrogen-bond acceptors (Lipinski definition) is 7. The summed E-state index contributed by atoms with van der Waals surface area (Å²) in [6.07, 6.45) is 7.20. The number of carbonyl (C=O) groups is 2. The van der Waals surface area contributed by atoms with Crippen molar-refractivity contribution >= 4 is 30.6 Å². The third-order valence-corrected chi connectivity index (χ3v) is 11.0. The lowest BCUT2D eigenvalue weighted by atomic mass is 9.58. The first-order valence-corrected chi connectivity index (χ1v) is 18.1. The van der Waals surface area contributed by atoms with Crippen molar-refractivity contribution in [3.8, 4) is 0 Å². The van der Waals surface area contributed by atoms with Gasteiger partial charge in [-0.15, -0.1) is 0 Å². The molecule has 3 aliphatic heterocycles. The second kappa shape index (κ2) is 15.0. The van der Waals surface area contributed by atoms with Crippen LogP contribution in [-0.4, -0.2) is 64.1 Å². The van der Waals surface area contributed by atoms with Crippen molar-refractivity contribution in [3.05, 3.63) is 107 Å². The largest absolute Gasteiger partial charge is 0.459 e. The number of allylic oxidation sites excluding steroid dienone is 2. The van der Waals surface area contributed by atoms with Gasteiger partial charge in [0.2, 0.25) is 11.8 Å². The van der Waals surface area contributed by atoms with Crippen LogP contribution in [0, 0.1) is 17.8 Å². The van der Waals surface area contributed by atoms with Crippen LogP contribution in [0.4, 0.5) is 0 Å². The zero-order chi connectivity index (χ0) is 33.9. The normalized spacial score (nSPS) is 25.2. The Bertz CT molecular complexity index is 1680. The molecule has 7 rings (SSSR count). The van der Waals surface area contributed by atoms with Crippen molar-refractivity contribution < 1.29 is 28.8 Å². The predicted octanol–water partition coefficient (Wildman–Crippen LogP) is 6.35. The summed E-state index contributed by atoms with van der Waals surface area (Å²) in [5.41, 5.74) is 5.77. The molecule has 1 aromatic heterocycles. The molecule has 0 saturated carbocycles. The fraction of sp³-hybridized carbons (Fsp3) is 0.450. The van der Waals surface area contributed by atoms with Crippen LogP contribution in [-0.2, 0) is 27.4 Å². The van der Waals surface area contributed by atoms with Crippen molar-refractivity contribution in [1.29, 1.82) is 0 Å². The maximum absolute atomic E-state index is 14.3. The molecular weight excluding hydrogens is 615 g/mol. The van der Waals surface area contributed by atoms with Gasteiger partial charge in [-0.1, -0.05) is 79.6 Å². The summed E-state index contributed by atoms with van der Waals surface area (Å²) >= 11 is 0. The number of hydrogen-bond donors (Lipinski definition) is 2. The SMILES string of the molecule is CCCC1=C2[C@@H](CC/C(=C/c3ccc(CO)o3)c3ccccc3)OB(O)C[C@@H]2[C@@H]2C(=O)N(C3CCN(Cc4ccccc4)CC3)C(=O)[C@@H]2C1. The number of nitrogens with zero attached hydrogens (tertiary/aromatic N) is 2. The van der Waals surface area contributed by atoms with Crippen LogP contribution < -0.4 is 0 Å². The van der Waals surface area contributed by atoms with E-state index in [1.54, 1.807) is 11.0 Å². The molecular formula is C40H47BN2O6. The summed E-state index contributed by atoms with van der Waals surface area (Å²) in [7, 11) is -1.00. The van der Waals surface area contributed by atoms with Crippen molar-refractivity contribution in [2.75, 3.05) is 13.1 Å². The van der Waals surface area contributed by atoms with E-state index in [0.717, 1.165) is 62.0 Å². The highest BCUT2D eigenvalue weighted by Crippen LogP contribution is 2.52. The molecule has 3 fully saturated rings. The number of furan rings is 1. The molecule has 2 aromatic carbocycles. The van der Waals surface area contributed by atoms with Gasteiger partial charge in [0.25, 0.3) is 0 Å². The summed E-state index contributed by atoms with van der Waals surface area (Å²) < 4.78 is 12.1. The Labute approximate surface area is 289 Å². The first kappa shape index (κ1) is 33.7. The van der Waals surface area contributed by atoms with Crippen LogP contribution in [0.25, 0.3) is 11.6 Å². The van der Waals surface area contributed by atoms with E-state index in [0.29, 0.717) is 37.1 Å². The summed E-state index contributed by atoms with van der Waals surface area (Å²) in [4.78, 5) is 32.5. The van der Waals surface area contributed by atoms with E-state index in [1.165, 1.54) is 11.1 Å². The van der Waals surface area contributed by atoms with Crippen LogP contribution >= 0.6 is 0 Å². The number of amides is 2. The molecule has 0 unspecified atom stereocenters. The Morgan fingerprint density at radius 3 is 2.39 bits per heavy atom. The topological polar surface area (TPSA) is 103 Å². The molecule has 9 heteroatoms. The number of aliphatic hydroxyl groups is 1. The van der Waals surface area contributed by atoms with E-state index in [1.807, 2.05) is 36.4 Å². The molecule has 1 aliphatic carbocycles. The maximum Gasteiger partial charge on any atom is 0.455 e. The Kier molecular flexibility index (Phi) is 10.3. The number of rotatable bonds is 11. The van der Waals surface area contributed by atoms with E-state index in [-0.39, 0.29) is 42.4 Å². The average Bonchev–Trinajstić information content (AvgIpc) is 3.68. The van der Waals surface area contributed by atoms with E-state index in [4.69, 9.17) is 9.07 Å². The van der Waals surface area contributed by atoms with E-state index in [2.05, 4.69) is 48.2 Å². The van der Waals surface area contributed by atoms with Crippen LogP contribution in [0.15, 0.2) is 88.4 Å². The van der Waals surface area contributed by atoms with Crippen LogP contribution in [0.2, 0.25) is 6.32 Å². The first-order chi connectivity index (χ1) is 23.9. The van der Waals surface area contributed by atoms with Gasteiger partial charge in [-0.2, -0.15) is 0 Å². The maximum atomic E-state index is 14.3. The molecule has 4 atom stereocenters. The molecule has 2 N–H and O–H groups in total. The highest BCUT2D eigenvalue weighted by atomic mass is 16.5. The average molecular weight is 663 g/mol. The molecule has 2 amide bonds. The summed E-state index contributed by atoms with van der Waals surface area (Å²) in [5.74, 6) is 0.0782. The highest BCUT2D eigenvalue weighted by molar-refractivity contribution is 6.43. The molecule has 0 radical (unpaired) electrons. The summed E-state index contributed by atoms with van der Waals surface area (Å²) in [6.45, 7) is 4.57. The molecule has 3 aromatic rings. The molecule has 3 saturated heterocycles.